The van der Waals surface area contributed by atoms with E-state index in [1.807, 2.05) is 24.3 Å². The van der Waals surface area contributed by atoms with Gasteiger partial charge < -0.3 is 20.4 Å². The summed E-state index contributed by atoms with van der Waals surface area (Å²) < 4.78 is 20.5. The molecule has 2 aromatic heterocycles. The van der Waals surface area contributed by atoms with E-state index < -0.39 is 0 Å². The number of aromatic nitrogens is 4. The molecular weight excluding hydrogens is 411 g/mol. The summed E-state index contributed by atoms with van der Waals surface area (Å²) in [6.45, 7) is 3.13. The number of fused-ring (bicyclic) bond motifs is 1. The van der Waals surface area contributed by atoms with Crippen molar-refractivity contribution in [1.82, 2.24) is 24.8 Å². The highest BCUT2D eigenvalue weighted by molar-refractivity contribution is 5.71. The summed E-state index contributed by atoms with van der Waals surface area (Å²) >= 11 is 0. The van der Waals surface area contributed by atoms with Gasteiger partial charge in [0.15, 0.2) is 5.65 Å². The van der Waals surface area contributed by atoms with Crippen LogP contribution in [0.25, 0.3) is 11.2 Å². The molecule has 0 saturated carbocycles. The lowest BCUT2D eigenvalue weighted by Crippen LogP contribution is -2.19. The van der Waals surface area contributed by atoms with Crippen LogP contribution in [-0.4, -0.2) is 39.2 Å². The molecule has 0 amide bonds. The van der Waals surface area contributed by atoms with Gasteiger partial charge in [-0.15, -0.1) is 0 Å². The number of hydrogen-bond donors (Lipinski definition) is 3. The Balaban J connectivity index is 1.36. The van der Waals surface area contributed by atoms with Gasteiger partial charge >= 0.3 is 5.69 Å². The van der Waals surface area contributed by atoms with E-state index in [0.29, 0.717) is 41.1 Å². The molecule has 4 aromatic rings. The van der Waals surface area contributed by atoms with E-state index in [2.05, 4.69) is 25.6 Å². The summed E-state index contributed by atoms with van der Waals surface area (Å²) in [6, 6.07) is 13.3. The van der Waals surface area contributed by atoms with Gasteiger partial charge in [0.25, 0.3) is 0 Å². The molecular formula is C23H23FN6O2. The van der Waals surface area contributed by atoms with Gasteiger partial charge in [0.05, 0.1) is 12.7 Å². The highest BCUT2D eigenvalue weighted by atomic mass is 19.1. The summed E-state index contributed by atoms with van der Waals surface area (Å²) in [5.74, 6) is 1.87. The first-order valence-electron chi connectivity index (χ1n) is 10.6. The first-order chi connectivity index (χ1) is 15.6. The Morgan fingerprint density at radius 3 is 2.88 bits per heavy atom. The molecule has 1 saturated heterocycles. The molecule has 2 aromatic carbocycles. The molecule has 0 radical (unpaired) electrons. The van der Waals surface area contributed by atoms with Crippen LogP contribution in [0.2, 0.25) is 0 Å². The SMILES string of the molecule is O=c1[nH]c2cnc(NC[C@@H]3CCNC3)nc2n1Cc1cccc(Oc2ccc(F)cc2)c1. The maximum Gasteiger partial charge on any atom is 0.328 e. The molecule has 5 rings (SSSR count). The zero-order valence-electron chi connectivity index (χ0n) is 17.3. The minimum Gasteiger partial charge on any atom is -0.457 e. The first-order valence-corrected chi connectivity index (χ1v) is 10.6. The van der Waals surface area contributed by atoms with Crippen LogP contribution in [0.3, 0.4) is 0 Å². The van der Waals surface area contributed by atoms with Gasteiger partial charge in [0.2, 0.25) is 5.95 Å². The molecule has 8 nitrogen and oxygen atoms in total. The van der Waals surface area contributed by atoms with Crippen LogP contribution >= 0.6 is 0 Å². The van der Waals surface area contributed by atoms with Crippen LogP contribution in [0.15, 0.2) is 59.5 Å². The average Bonchev–Trinajstić information content (AvgIpc) is 3.42. The number of rotatable bonds is 7. The minimum atomic E-state index is -0.319. The molecule has 3 N–H and O–H groups in total. The van der Waals surface area contributed by atoms with Crippen molar-refractivity contribution in [3.05, 3.63) is 76.6 Å². The number of benzene rings is 2. The number of halogens is 1. The van der Waals surface area contributed by atoms with E-state index >= 15 is 0 Å². The van der Waals surface area contributed by atoms with Crippen molar-refractivity contribution in [1.29, 1.82) is 0 Å². The summed E-state index contributed by atoms with van der Waals surface area (Å²) in [7, 11) is 0. The third-order valence-corrected chi connectivity index (χ3v) is 5.51. The van der Waals surface area contributed by atoms with Crippen LogP contribution in [0.1, 0.15) is 12.0 Å². The Bertz CT molecular complexity index is 1280. The van der Waals surface area contributed by atoms with Gasteiger partial charge in [-0.2, -0.15) is 4.98 Å². The zero-order valence-corrected chi connectivity index (χ0v) is 17.3. The van der Waals surface area contributed by atoms with Crippen molar-refractivity contribution in [2.75, 3.05) is 25.0 Å². The molecule has 0 spiro atoms. The van der Waals surface area contributed by atoms with Crippen LogP contribution in [0.5, 0.6) is 11.5 Å². The fraction of sp³-hybridized carbons (Fsp3) is 0.261. The highest BCUT2D eigenvalue weighted by Crippen LogP contribution is 2.23. The molecule has 1 aliphatic rings. The number of aromatic amines is 1. The van der Waals surface area contributed by atoms with Gasteiger partial charge in [-0.3, -0.25) is 4.57 Å². The number of ether oxygens (including phenoxy) is 1. The molecule has 0 unspecified atom stereocenters. The molecule has 3 heterocycles. The number of anilines is 1. The molecule has 32 heavy (non-hydrogen) atoms. The van der Waals surface area contributed by atoms with Gasteiger partial charge in [0.1, 0.15) is 22.8 Å². The van der Waals surface area contributed by atoms with Gasteiger partial charge in [-0.25, -0.2) is 14.2 Å². The molecule has 0 bridgehead atoms. The van der Waals surface area contributed by atoms with Crippen LogP contribution < -0.4 is 21.1 Å². The summed E-state index contributed by atoms with van der Waals surface area (Å²) in [5.41, 5.74) is 1.75. The summed E-state index contributed by atoms with van der Waals surface area (Å²) in [4.78, 5) is 24.3. The Morgan fingerprint density at radius 2 is 2.06 bits per heavy atom. The Labute approximate surface area is 183 Å². The fourth-order valence-corrected chi connectivity index (χ4v) is 3.83. The third kappa shape index (κ3) is 4.47. The lowest BCUT2D eigenvalue weighted by Gasteiger charge is -2.10. The van der Waals surface area contributed by atoms with E-state index in [9.17, 15) is 9.18 Å². The number of imidazole rings is 1. The topological polar surface area (TPSA) is 96.9 Å². The summed E-state index contributed by atoms with van der Waals surface area (Å²) in [6.07, 6.45) is 2.75. The predicted octanol–water partition coefficient (Wildman–Crippen LogP) is 3.12. The van der Waals surface area contributed by atoms with Crippen molar-refractivity contribution < 1.29 is 9.13 Å². The van der Waals surface area contributed by atoms with Crippen molar-refractivity contribution in [3.63, 3.8) is 0 Å². The first kappa shape index (κ1) is 20.2. The maximum absolute atomic E-state index is 13.1. The smallest absolute Gasteiger partial charge is 0.328 e. The Kier molecular flexibility index (Phi) is 5.55. The standard InChI is InChI=1S/C23H23FN6O2/c24-17-4-6-18(7-5-17)32-19-3-1-2-15(10-19)14-30-21-20(28-23(30)31)13-27-22(29-21)26-12-16-8-9-25-11-16/h1-7,10,13,16,25H,8-9,11-12,14H2,(H,28,31)(H,26,27,29)/t16-/m1/s1. The maximum atomic E-state index is 13.1. The van der Waals surface area contributed by atoms with E-state index in [0.717, 1.165) is 31.6 Å². The van der Waals surface area contributed by atoms with E-state index in [1.54, 1.807) is 22.9 Å². The number of nitrogens with zero attached hydrogens (tertiary/aromatic N) is 3. The molecule has 0 aliphatic carbocycles. The summed E-state index contributed by atoms with van der Waals surface area (Å²) in [5, 5.41) is 6.62. The zero-order chi connectivity index (χ0) is 21.9. The van der Waals surface area contributed by atoms with Crippen LogP contribution in [0, 0.1) is 11.7 Å². The van der Waals surface area contributed by atoms with Crippen molar-refractivity contribution >= 4 is 17.1 Å². The Hall–Kier alpha value is -3.72. The average molecular weight is 434 g/mol. The largest absolute Gasteiger partial charge is 0.457 e. The lowest BCUT2D eigenvalue weighted by molar-refractivity contribution is 0.479. The van der Waals surface area contributed by atoms with Crippen molar-refractivity contribution in [3.8, 4) is 11.5 Å². The molecule has 9 heteroatoms. The van der Waals surface area contributed by atoms with Crippen LogP contribution in [-0.2, 0) is 6.54 Å². The molecule has 1 atom stereocenters. The van der Waals surface area contributed by atoms with E-state index in [-0.39, 0.29) is 11.5 Å². The normalized spacial score (nSPS) is 15.8. The predicted molar refractivity (Wildman–Crippen MR) is 120 cm³/mol. The highest BCUT2D eigenvalue weighted by Gasteiger charge is 2.15. The number of H-pyrrole nitrogens is 1. The molecule has 164 valence electrons. The number of hydrogen-bond acceptors (Lipinski definition) is 6. The fourth-order valence-electron chi connectivity index (χ4n) is 3.83. The second-order valence-electron chi connectivity index (χ2n) is 7.89. The quantitative estimate of drug-likeness (QED) is 0.414. The van der Waals surface area contributed by atoms with Crippen molar-refractivity contribution in [2.45, 2.75) is 13.0 Å². The molecule has 1 fully saturated rings. The monoisotopic (exact) mass is 434 g/mol. The van der Waals surface area contributed by atoms with Gasteiger partial charge in [0, 0.05) is 6.54 Å². The second-order valence-corrected chi connectivity index (χ2v) is 7.89. The van der Waals surface area contributed by atoms with Crippen molar-refractivity contribution in [2.24, 2.45) is 5.92 Å². The molecule has 1 aliphatic heterocycles. The van der Waals surface area contributed by atoms with Gasteiger partial charge in [-0.05, 0) is 67.4 Å². The Morgan fingerprint density at radius 1 is 1.19 bits per heavy atom. The number of nitrogens with one attached hydrogen (secondary N) is 3. The van der Waals surface area contributed by atoms with Crippen LogP contribution in [0.4, 0.5) is 10.3 Å². The van der Waals surface area contributed by atoms with E-state index in [1.165, 1.54) is 12.1 Å². The minimum absolute atomic E-state index is 0.253. The van der Waals surface area contributed by atoms with E-state index in [4.69, 9.17) is 4.74 Å². The lowest BCUT2D eigenvalue weighted by atomic mass is 10.1. The second kappa shape index (κ2) is 8.80. The van der Waals surface area contributed by atoms with Gasteiger partial charge in [-0.1, -0.05) is 12.1 Å². The third-order valence-electron chi connectivity index (χ3n) is 5.51.